The number of carbonyl (C=O) groups is 2. The molecule has 0 bridgehead atoms. The molecule has 1 aromatic heterocycles. The summed E-state index contributed by atoms with van der Waals surface area (Å²) >= 11 is 0. The van der Waals surface area contributed by atoms with Gasteiger partial charge in [-0.1, -0.05) is 29.4 Å². The predicted molar refractivity (Wildman–Crippen MR) is 115 cm³/mol. The molecule has 0 N–H and O–H groups in total. The van der Waals surface area contributed by atoms with Gasteiger partial charge in [-0.25, -0.2) is 0 Å². The van der Waals surface area contributed by atoms with E-state index in [0.29, 0.717) is 43.0 Å². The highest BCUT2D eigenvalue weighted by molar-refractivity contribution is 6.01. The molecule has 4 rings (SSSR count). The number of amides is 1. The summed E-state index contributed by atoms with van der Waals surface area (Å²) in [5.74, 6) is 0.778. The van der Waals surface area contributed by atoms with E-state index in [0.717, 1.165) is 22.0 Å². The third-order valence-corrected chi connectivity index (χ3v) is 5.95. The Morgan fingerprint density at radius 1 is 1.13 bits per heavy atom. The minimum Gasteiger partial charge on any atom is -0.488 e. The van der Waals surface area contributed by atoms with Crippen molar-refractivity contribution < 1.29 is 23.6 Å². The molecule has 162 valence electrons. The van der Waals surface area contributed by atoms with Gasteiger partial charge in [0.25, 0.3) is 5.91 Å². The molecule has 0 aliphatic carbocycles. The van der Waals surface area contributed by atoms with Crippen molar-refractivity contribution in [2.45, 2.75) is 33.3 Å². The molecule has 1 fully saturated rings. The first kappa shape index (κ1) is 20.9. The number of nitrogens with zero attached hydrogens (tertiary/aromatic N) is 2. The van der Waals surface area contributed by atoms with Crippen LogP contribution in [0, 0.1) is 19.8 Å². The molecule has 1 aliphatic heterocycles. The van der Waals surface area contributed by atoms with Gasteiger partial charge in [0.1, 0.15) is 18.1 Å². The topological polar surface area (TPSA) is 81.9 Å². The number of piperidine rings is 1. The molecule has 2 heterocycles. The second kappa shape index (κ2) is 8.79. The molecule has 31 heavy (non-hydrogen) atoms. The number of rotatable bonds is 5. The third kappa shape index (κ3) is 4.26. The highest BCUT2D eigenvalue weighted by atomic mass is 16.5. The minimum atomic E-state index is -0.207. The van der Waals surface area contributed by atoms with Crippen LogP contribution < -0.4 is 4.74 Å². The van der Waals surface area contributed by atoms with Crippen molar-refractivity contribution in [3.8, 4) is 5.75 Å². The minimum absolute atomic E-state index is 0.0946. The molecule has 7 nitrogen and oxygen atoms in total. The monoisotopic (exact) mass is 422 g/mol. The molecule has 0 unspecified atom stereocenters. The number of ether oxygens (including phenoxy) is 2. The van der Waals surface area contributed by atoms with Gasteiger partial charge in [-0.2, -0.15) is 0 Å². The van der Waals surface area contributed by atoms with E-state index in [9.17, 15) is 9.59 Å². The van der Waals surface area contributed by atoms with E-state index in [1.165, 1.54) is 7.11 Å². The molecule has 3 aromatic rings. The molecule has 1 amide bonds. The summed E-state index contributed by atoms with van der Waals surface area (Å²) in [6.07, 6.45) is 1.20. The lowest BCUT2D eigenvalue weighted by atomic mass is 9.96. The van der Waals surface area contributed by atoms with Crippen LogP contribution in [0.15, 0.2) is 40.9 Å². The van der Waals surface area contributed by atoms with Crippen molar-refractivity contribution in [3.05, 3.63) is 59.0 Å². The molecular weight excluding hydrogens is 396 g/mol. The Labute approximate surface area is 180 Å². The van der Waals surface area contributed by atoms with Crippen LogP contribution in [0.3, 0.4) is 0 Å². The van der Waals surface area contributed by atoms with Gasteiger partial charge in [-0.3, -0.25) is 9.59 Å². The van der Waals surface area contributed by atoms with Gasteiger partial charge in [-0.15, -0.1) is 0 Å². The summed E-state index contributed by atoms with van der Waals surface area (Å²) in [6, 6.07) is 11.7. The second-order valence-corrected chi connectivity index (χ2v) is 7.88. The third-order valence-electron chi connectivity index (χ3n) is 5.95. The van der Waals surface area contributed by atoms with Crippen LogP contribution in [0.25, 0.3) is 10.8 Å². The highest BCUT2D eigenvalue weighted by Gasteiger charge is 2.29. The zero-order valence-corrected chi connectivity index (χ0v) is 18.0. The number of likely N-dealkylation sites (tertiary alicyclic amines) is 1. The molecule has 0 saturated carbocycles. The number of esters is 1. The van der Waals surface area contributed by atoms with Crippen LogP contribution in [-0.2, 0) is 16.1 Å². The van der Waals surface area contributed by atoms with Crippen LogP contribution >= 0.6 is 0 Å². The van der Waals surface area contributed by atoms with Gasteiger partial charge in [0, 0.05) is 13.1 Å². The summed E-state index contributed by atoms with van der Waals surface area (Å²) in [5, 5.41) is 5.94. The molecule has 1 saturated heterocycles. The van der Waals surface area contributed by atoms with E-state index in [-0.39, 0.29) is 24.4 Å². The average molecular weight is 422 g/mol. The largest absolute Gasteiger partial charge is 0.488 e. The van der Waals surface area contributed by atoms with Crippen LogP contribution in [0.1, 0.15) is 40.2 Å². The molecule has 7 heteroatoms. The van der Waals surface area contributed by atoms with Gasteiger partial charge in [0.05, 0.1) is 29.8 Å². The smallest absolute Gasteiger partial charge is 0.308 e. The molecule has 0 spiro atoms. The molecule has 0 atom stereocenters. The number of hydrogen-bond acceptors (Lipinski definition) is 6. The fourth-order valence-corrected chi connectivity index (χ4v) is 4.02. The van der Waals surface area contributed by atoms with Crippen molar-refractivity contribution in [2.24, 2.45) is 5.92 Å². The number of fused-ring (bicyclic) bond motifs is 1. The van der Waals surface area contributed by atoms with Gasteiger partial charge in [-0.05, 0) is 49.6 Å². The van der Waals surface area contributed by atoms with E-state index in [2.05, 4.69) is 5.16 Å². The Hall–Kier alpha value is -3.35. The number of benzene rings is 2. The summed E-state index contributed by atoms with van der Waals surface area (Å²) < 4.78 is 16.2. The molecule has 1 aliphatic rings. The molecule has 0 radical (unpaired) electrons. The van der Waals surface area contributed by atoms with Gasteiger partial charge >= 0.3 is 5.97 Å². The lowest BCUT2D eigenvalue weighted by Gasteiger charge is -2.31. The number of hydrogen-bond donors (Lipinski definition) is 0. The molecular formula is C24H26N2O5. The Kier molecular flexibility index (Phi) is 5.93. The lowest BCUT2D eigenvalue weighted by molar-refractivity contribution is -0.146. The maximum absolute atomic E-state index is 13.4. The predicted octanol–water partition coefficient (Wildman–Crippen LogP) is 4.05. The first-order valence-corrected chi connectivity index (χ1v) is 10.4. The zero-order chi connectivity index (χ0) is 22.0. The molecule has 2 aromatic carbocycles. The van der Waals surface area contributed by atoms with Crippen molar-refractivity contribution in [1.29, 1.82) is 0 Å². The number of carbonyl (C=O) groups excluding carboxylic acids is 2. The summed E-state index contributed by atoms with van der Waals surface area (Å²) in [6.45, 7) is 5.00. The van der Waals surface area contributed by atoms with Crippen molar-refractivity contribution >= 4 is 22.6 Å². The van der Waals surface area contributed by atoms with Crippen molar-refractivity contribution in [2.75, 3.05) is 20.2 Å². The van der Waals surface area contributed by atoms with Crippen LogP contribution in [-0.4, -0.2) is 42.1 Å². The summed E-state index contributed by atoms with van der Waals surface area (Å²) in [5.41, 5.74) is 2.17. The first-order valence-electron chi connectivity index (χ1n) is 10.4. The number of aryl methyl sites for hydroxylation is 2. The summed E-state index contributed by atoms with van der Waals surface area (Å²) in [4.78, 5) is 27.0. The van der Waals surface area contributed by atoms with Crippen molar-refractivity contribution in [3.63, 3.8) is 0 Å². The normalized spacial score (nSPS) is 14.6. The van der Waals surface area contributed by atoms with E-state index >= 15 is 0 Å². The number of aromatic nitrogens is 1. The van der Waals surface area contributed by atoms with E-state index < -0.39 is 0 Å². The Bertz CT molecular complexity index is 1090. The van der Waals surface area contributed by atoms with Gasteiger partial charge in [0.2, 0.25) is 0 Å². The highest BCUT2D eigenvalue weighted by Crippen LogP contribution is 2.30. The lowest BCUT2D eigenvalue weighted by Crippen LogP contribution is -2.40. The van der Waals surface area contributed by atoms with E-state index in [4.69, 9.17) is 14.0 Å². The first-order chi connectivity index (χ1) is 15.0. The second-order valence-electron chi connectivity index (χ2n) is 7.88. The van der Waals surface area contributed by atoms with E-state index in [1.807, 2.05) is 50.2 Å². The Morgan fingerprint density at radius 2 is 1.81 bits per heavy atom. The average Bonchev–Trinajstić information content (AvgIpc) is 3.13. The van der Waals surface area contributed by atoms with E-state index in [1.54, 1.807) is 4.90 Å². The summed E-state index contributed by atoms with van der Waals surface area (Å²) in [7, 11) is 1.40. The maximum atomic E-state index is 13.4. The maximum Gasteiger partial charge on any atom is 0.308 e. The van der Waals surface area contributed by atoms with Crippen LogP contribution in [0.5, 0.6) is 5.75 Å². The van der Waals surface area contributed by atoms with Crippen LogP contribution in [0.4, 0.5) is 0 Å². The van der Waals surface area contributed by atoms with Gasteiger partial charge < -0.3 is 18.9 Å². The van der Waals surface area contributed by atoms with Gasteiger partial charge in [0.15, 0.2) is 0 Å². The fourth-order valence-electron chi connectivity index (χ4n) is 4.02. The van der Waals surface area contributed by atoms with Crippen molar-refractivity contribution in [1.82, 2.24) is 10.1 Å². The number of methoxy groups -OCH3 is 1. The Balaban J connectivity index is 1.60. The standard InChI is InChI=1S/C24H26N2O5/c1-15-21(16(2)31-25-15)14-30-22-13-19-7-5-4-6-18(19)12-20(22)23(27)26-10-8-17(9-11-26)24(28)29-3/h4-7,12-13,17H,8-11,14H2,1-3H3. The zero-order valence-electron chi connectivity index (χ0n) is 18.0. The quantitative estimate of drug-likeness (QED) is 0.577. The Morgan fingerprint density at radius 3 is 2.42 bits per heavy atom. The SMILES string of the molecule is COC(=O)C1CCN(C(=O)c2cc3ccccc3cc2OCc2c(C)noc2C)CC1. The van der Waals surface area contributed by atoms with Crippen LogP contribution in [0.2, 0.25) is 0 Å². The fraction of sp³-hybridized carbons (Fsp3) is 0.375.